The zero-order chi connectivity index (χ0) is 19.3. The van der Waals surface area contributed by atoms with Gasteiger partial charge in [0, 0.05) is 24.4 Å². The number of nitrogens with zero attached hydrogens (tertiary/aromatic N) is 1. The second-order valence-electron chi connectivity index (χ2n) is 8.31. The lowest BCUT2D eigenvalue weighted by atomic mass is 9.80. The van der Waals surface area contributed by atoms with Crippen LogP contribution in [0.4, 0.5) is 5.69 Å². The van der Waals surface area contributed by atoms with Crippen LogP contribution in [0.3, 0.4) is 0 Å². The van der Waals surface area contributed by atoms with Crippen LogP contribution in [0, 0.1) is 5.92 Å². The number of likely N-dealkylation sites (tertiary alicyclic amines) is 1. The van der Waals surface area contributed by atoms with E-state index in [1.54, 1.807) is 0 Å². The summed E-state index contributed by atoms with van der Waals surface area (Å²) in [5, 5.41) is 12.3. The lowest BCUT2D eigenvalue weighted by molar-refractivity contribution is 0.102. The topological polar surface area (TPSA) is 52.6 Å². The lowest BCUT2D eigenvalue weighted by Gasteiger charge is -2.31. The number of rotatable bonds is 6. The van der Waals surface area contributed by atoms with Crippen LogP contribution in [0.1, 0.15) is 59.5 Å². The summed E-state index contributed by atoms with van der Waals surface area (Å²) >= 11 is 0. The number of aliphatic hydroxyl groups is 1. The van der Waals surface area contributed by atoms with E-state index in [9.17, 15) is 9.90 Å². The minimum atomic E-state index is -0.0546. The average Bonchev–Trinajstić information content (AvgIpc) is 2.68. The molecule has 4 heteroatoms. The van der Waals surface area contributed by atoms with Crippen LogP contribution in [0.15, 0.2) is 48.5 Å². The first-order valence-electron chi connectivity index (χ1n) is 10.5. The monoisotopic (exact) mass is 378 g/mol. The highest BCUT2D eigenvalue weighted by Gasteiger charge is 2.20. The molecule has 1 amide bonds. The summed E-state index contributed by atoms with van der Waals surface area (Å²) in [7, 11) is 0. The highest BCUT2D eigenvalue weighted by atomic mass is 16.3. The molecule has 0 unspecified atom stereocenters. The summed E-state index contributed by atoms with van der Waals surface area (Å²) in [5.74, 6) is 1.09. The summed E-state index contributed by atoms with van der Waals surface area (Å²) in [6, 6.07) is 16.2. The molecule has 0 radical (unpaired) electrons. The Labute approximate surface area is 167 Å². The van der Waals surface area contributed by atoms with Gasteiger partial charge in [-0.2, -0.15) is 0 Å². The maximum atomic E-state index is 12.6. The van der Waals surface area contributed by atoms with Gasteiger partial charge in [-0.15, -0.1) is 0 Å². The van der Waals surface area contributed by atoms with E-state index in [0.29, 0.717) is 24.0 Å². The van der Waals surface area contributed by atoms with Gasteiger partial charge in [-0.25, -0.2) is 0 Å². The van der Waals surface area contributed by atoms with Crippen LogP contribution in [-0.2, 0) is 6.54 Å². The second kappa shape index (κ2) is 8.89. The van der Waals surface area contributed by atoms with E-state index in [0.717, 1.165) is 38.2 Å². The Kier molecular flexibility index (Phi) is 6.08. The average molecular weight is 379 g/mol. The van der Waals surface area contributed by atoms with E-state index in [2.05, 4.69) is 34.5 Å². The fourth-order valence-electron chi connectivity index (χ4n) is 4.18. The molecule has 4 rings (SSSR count). The maximum Gasteiger partial charge on any atom is 0.255 e. The Morgan fingerprint density at radius 3 is 2.43 bits per heavy atom. The molecular weight excluding hydrogens is 348 g/mol. The number of carbonyl (C=O) groups excluding carboxylic acids is 1. The first kappa shape index (κ1) is 19.2. The van der Waals surface area contributed by atoms with Crippen molar-refractivity contribution in [2.24, 2.45) is 5.92 Å². The van der Waals surface area contributed by atoms with Crippen molar-refractivity contribution < 1.29 is 9.90 Å². The smallest absolute Gasteiger partial charge is 0.255 e. The van der Waals surface area contributed by atoms with Crippen molar-refractivity contribution in [2.45, 2.75) is 44.6 Å². The van der Waals surface area contributed by atoms with Crippen LogP contribution < -0.4 is 5.32 Å². The van der Waals surface area contributed by atoms with E-state index in [-0.39, 0.29) is 5.91 Å². The van der Waals surface area contributed by atoms with Gasteiger partial charge in [-0.1, -0.05) is 30.7 Å². The lowest BCUT2D eigenvalue weighted by Crippen LogP contribution is -2.34. The minimum Gasteiger partial charge on any atom is -0.396 e. The summed E-state index contributed by atoms with van der Waals surface area (Å²) < 4.78 is 0. The van der Waals surface area contributed by atoms with E-state index in [1.165, 1.54) is 30.4 Å². The second-order valence-corrected chi connectivity index (χ2v) is 8.31. The number of carbonyl (C=O) groups is 1. The Morgan fingerprint density at radius 2 is 1.79 bits per heavy atom. The van der Waals surface area contributed by atoms with Crippen LogP contribution in [-0.4, -0.2) is 35.6 Å². The molecule has 0 spiro atoms. The number of anilines is 1. The molecular formula is C24H30N2O2. The molecule has 2 aromatic rings. The zero-order valence-electron chi connectivity index (χ0n) is 16.4. The highest BCUT2D eigenvalue weighted by Crippen LogP contribution is 2.36. The van der Waals surface area contributed by atoms with Crippen molar-refractivity contribution in [3.05, 3.63) is 65.2 Å². The summed E-state index contributed by atoms with van der Waals surface area (Å²) in [6.07, 6.45) is 5.99. The van der Waals surface area contributed by atoms with E-state index >= 15 is 0 Å². The van der Waals surface area contributed by atoms with E-state index in [1.807, 2.05) is 24.3 Å². The van der Waals surface area contributed by atoms with Crippen molar-refractivity contribution in [2.75, 3.05) is 25.0 Å². The number of piperidine rings is 1. The van der Waals surface area contributed by atoms with Crippen molar-refractivity contribution in [1.82, 2.24) is 4.90 Å². The van der Waals surface area contributed by atoms with Gasteiger partial charge >= 0.3 is 0 Å². The highest BCUT2D eigenvalue weighted by molar-refractivity contribution is 6.04. The molecule has 2 aromatic carbocycles. The number of amides is 1. The largest absolute Gasteiger partial charge is 0.396 e. The summed E-state index contributed by atoms with van der Waals surface area (Å²) in [6.45, 7) is 3.24. The van der Waals surface area contributed by atoms with E-state index in [4.69, 9.17) is 0 Å². The van der Waals surface area contributed by atoms with Crippen LogP contribution in [0.2, 0.25) is 0 Å². The predicted octanol–water partition coefficient (Wildman–Crippen LogP) is 4.41. The molecule has 2 N–H and O–H groups in total. The third kappa shape index (κ3) is 4.62. The standard InChI is InChI=1S/C24H30N2O2/c27-17-18-11-13-26(14-12-18)16-19-3-1-6-23(15-19)25-24(28)22-9-7-21(8-10-22)20-4-2-5-20/h1,3,6-10,15,18,20,27H,2,4-5,11-14,16-17H2,(H,25,28). The summed E-state index contributed by atoms with van der Waals surface area (Å²) in [4.78, 5) is 15.0. The predicted molar refractivity (Wildman–Crippen MR) is 113 cm³/mol. The Bertz CT molecular complexity index is 791. The van der Waals surface area contributed by atoms with Crippen molar-refractivity contribution in [3.63, 3.8) is 0 Å². The zero-order valence-corrected chi connectivity index (χ0v) is 16.4. The normalized spacial score (nSPS) is 18.6. The molecule has 148 valence electrons. The fraction of sp³-hybridized carbons (Fsp3) is 0.458. The van der Waals surface area contributed by atoms with Gasteiger partial charge in [-0.05, 0) is 86.0 Å². The molecule has 4 nitrogen and oxygen atoms in total. The van der Waals surface area contributed by atoms with E-state index < -0.39 is 0 Å². The Balaban J connectivity index is 1.34. The van der Waals surface area contributed by atoms with Gasteiger partial charge in [0.05, 0.1) is 0 Å². The Hall–Kier alpha value is -2.17. The first-order valence-corrected chi connectivity index (χ1v) is 10.5. The molecule has 1 heterocycles. The van der Waals surface area contributed by atoms with Gasteiger partial charge in [-0.3, -0.25) is 9.69 Å². The molecule has 2 aliphatic rings. The first-order chi connectivity index (χ1) is 13.7. The molecule has 1 aliphatic carbocycles. The fourth-order valence-corrected chi connectivity index (χ4v) is 4.18. The molecule has 1 aliphatic heterocycles. The molecule has 28 heavy (non-hydrogen) atoms. The minimum absolute atomic E-state index is 0.0546. The molecule has 0 aromatic heterocycles. The number of aliphatic hydroxyl groups excluding tert-OH is 1. The number of hydrogen-bond acceptors (Lipinski definition) is 3. The van der Waals surface area contributed by atoms with Gasteiger partial charge in [0.1, 0.15) is 0 Å². The number of benzene rings is 2. The van der Waals surface area contributed by atoms with Crippen molar-refractivity contribution >= 4 is 11.6 Å². The summed E-state index contributed by atoms with van der Waals surface area (Å²) in [5.41, 5.74) is 4.12. The molecule has 1 saturated carbocycles. The maximum absolute atomic E-state index is 12.6. The van der Waals surface area contributed by atoms with Crippen LogP contribution in [0.25, 0.3) is 0 Å². The Morgan fingerprint density at radius 1 is 1.04 bits per heavy atom. The number of nitrogens with one attached hydrogen (secondary N) is 1. The molecule has 1 saturated heterocycles. The third-order valence-corrected chi connectivity index (χ3v) is 6.31. The van der Waals surface area contributed by atoms with Crippen molar-refractivity contribution in [1.29, 1.82) is 0 Å². The molecule has 0 bridgehead atoms. The SMILES string of the molecule is O=C(Nc1cccc(CN2CCC(CO)CC2)c1)c1ccc(C2CCC2)cc1. The van der Waals surface area contributed by atoms with Gasteiger partial charge in [0.15, 0.2) is 0 Å². The quantitative estimate of drug-likeness (QED) is 0.783. The van der Waals surface area contributed by atoms with Crippen LogP contribution in [0.5, 0.6) is 0 Å². The third-order valence-electron chi connectivity index (χ3n) is 6.31. The van der Waals surface area contributed by atoms with Crippen LogP contribution >= 0.6 is 0 Å². The molecule has 2 fully saturated rings. The molecule has 0 atom stereocenters. The van der Waals surface area contributed by atoms with Gasteiger partial charge in [0.2, 0.25) is 0 Å². The number of hydrogen-bond donors (Lipinski definition) is 2. The van der Waals surface area contributed by atoms with Crippen molar-refractivity contribution in [3.8, 4) is 0 Å². The van der Waals surface area contributed by atoms with Gasteiger partial charge < -0.3 is 10.4 Å². The van der Waals surface area contributed by atoms with Gasteiger partial charge in [0.25, 0.3) is 5.91 Å².